The number of benzene rings is 1. The molecular weight excluding hydrogens is 220 g/mol. The van der Waals surface area contributed by atoms with E-state index >= 15 is 0 Å². The Bertz CT molecular complexity index is 541. The molecule has 0 aliphatic rings. The van der Waals surface area contributed by atoms with Crippen molar-refractivity contribution in [3.8, 4) is 0 Å². The van der Waals surface area contributed by atoms with Gasteiger partial charge in [-0.1, -0.05) is 32.4 Å². The van der Waals surface area contributed by atoms with Gasteiger partial charge in [-0.3, -0.25) is 4.98 Å². The first-order chi connectivity index (χ1) is 7.38. The lowest BCUT2D eigenvalue weighted by atomic mass is 9.91. The minimum atomic E-state index is 0.00193. The summed E-state index contributed by atoms with van der Waals surface area (Å²) < 4.78 is 0. The average molecular weight is 235 g/mol. The van der Waals surface area contributed by atoms with Crippen molar-refractivity contribution in [3.63, 3.8) is 0 Å². The summed E-state index contributed by atoms with van der Waals surface area (Å²) in [5.41, 5.74) is 8.66. The molecule has 0 radical (unpaired) electrons. The second-order valence-corrected chi connectivity index (χ2v) is 5.44. The maximum Gasteiger partial charge on any atom is 0.0727 e. The summed E-state index contributed by atoms with van der Waals surface area (Å²) in [6.07, 6.45) is 0. The van der Waals surface area contributed by atoms with Crippen molar-refractivity contribution >= 4 is 28.2 Å². The fraction of sp³-hybridized carbons (Fsp3) is 0.308. The Hall–Kier alpha value is -1.28. The molecule has 1 aromatic carbocycles. The van der Waals surface area contributed by atoms with Crippen LogP contribution in [-0.4, -0.2) is 4.98 Å². The van der Waals surface area contributed by atoms with Crippen LogP contribution >= 0.6 is 11.6 Å². The van der Waals surface area contributed by atoms with Gasteiger partial charge < -0.3 is 5.73 Å². The van der Waals surface area contributed by atoms with E-state index in [4.69, 9.17) is 17.3 Å². The van der Waals surface area contributed by atoms with Crippen molar-refractivity contribution < 1.29 is 0 Å². The Morgan fingerprint density at radius 2 is 1.88 bits per heavy atom. The van der Waals surface area contributed by atoms with E-state index in [1.54, 1.807) is 0 Å². The van der Waals surface area contributed by atoms with Crippen LogP contribution in [-0.2, 0) is 5.41 Å². The number of anilines is 1. The number of rotatable bonds is 0. The van der Waals surface area contributed by atoms with Crippen LogP contribution in [0.15, 0.2) is 24.3 Å². The SMILES string of the molecule is CC(C)(C)c1cc(N)c2cc(Cl)ccc2n1. The molecule has 0 aliphatic carbocycles. The highest BCUT2D eigenvalue weighted by molar-refractivity contribution is 6.31. The van der Waals surface area contributed by atoms with Crippen LogP contribution in [0.1, 0.15) is 26.5 Å². The minimum Gasteiger partial charge on any atom is -0.398 e. The van der Waals surface area contributed by atoms with Gasteiger partial charge in [0.05, 0.1) is 5.52 Å². The molecular formula is C13H15ClN2. The maximum absolute atomic E-state index is 6.02. The summed E-state index contributed by atoms with van der Waals surface area (Å²) in [6, 6.07) is 7.52. The second kappa shape index (κ2) is 3.63. The smallest absolute Gasteiger partial charge is 0.0727 e. The third-order valence-electron chi connectivity index (χ3n) is 2.57. The van der Waals surface area contributed by atoms with Gasteiger partial charge in [0, 0.05) is 27.2 Å². The van der Waals surface area contributed by atoms with E-state index in [1.807, 2.05) is 24.3 Å². The molecule has 1 heterocycles. The summed E-state index contributed by atoms with van der Waals surface area (Å²) in [6.45, 7) is 6.36. The van der Waals surface area contributed by atoms with Crippen LogP contribution in [0.5, 0.6) is 0 Å². The van der Waals surface area contributed by atoms with Crippen molar-refractivity contribution in [3.05, 3.63) is 35.0 Å². The molecule has 0 saturated heterocycles. The highest BCUT2D eigenvalue weighted by atomic mass is 35.5. The molecule has 1 aromatic heterocycles. The van der Waals surface area contributed by atoms with Crippen LogP contribution < -0.4 is 5.73 Å². The molecule has 2 nitrogen and oxygen atoms in total. The monoisotopic (exact) mass is 234 g/mol. The lowest BCUT2D eigenvalue weighted by Crippen LogP contribution is -2.14. The molecule has 0 saturated carbocycles. The fourth-order valence-electron chi connectivity index (χ4n) is 1.61. The van der Waals surface area contributed by atoms with Crippen molar-refractivity contribution in [2.75, 3.05) is 5.73 Å². The fourth-order valence-corrected chi connectivity index (χ4v) is 1.78. The van der Waals surface area contributed by atoms with Crippen molar-refractivity contribution in [1.82, 2.24) is 4.98 Å². The molecule has 0 bridgehead atoms. The Balaban J connectivity index is 2.74. The maximum atomic E-state index is 6.02. The van der Waals surface area contributed by atoms with E-state index in [2.05, 4.69) is 25.8 Å². The number of halogens is 1. The first kappa shape index (κ1) is 11.2. The first-order valence-corrected chi connectivity index (χ1v) is 5.62. The van der Waals surface area contributed by atoms with Crippen molar-refractivity contribution in [1.29, 1.82) is 0 Å². The number of aromatic nitrogens is 1. The van der Waals surface area contributed by atoms with Crippen LogP contribution in [0.4, 0.5) is 5.69 Å². The molecule has 0 atom stereocenters. The molecule has 3 heteroatoms. The van der Waals surface area contributed by atoms with E-state index in [-0.39, 0.29) is 5.41 Å². The largest absolute Gasteiger partial charge is 0.398 e. The number of hydrogen-bond acceptors (Lipinski definition) is 2. The van der Waals surface area contributed by atoms with Crippen LogP contribution in [0, 0.1) is 0 Å². The topological polar surface area (TPSA) is 38.9 Å². The number of hydrogen-bond donors (Lipinski definition) is 1. The highest BCUT2D eigenvalue weighted by Crippen LogP contribution is 2.28. The standard InChI is InChI=1S/C13H15ClN2/c1-13(2,3)12-7-10(15)9-6-8(14)4-5-11(9)16-12/h4-7H,1-3H3,(H2,15,16). The number of fused-ring (bicyclic) bond motifs is 1. The molecule has 0 spiro atoms. The molecule has 0 fully saturated rings. The summed E-state index contributed by atoms with van der Waals surface area (Å²) >= 11 is 5.94. The molecule has 0 aliphatic heterocycles. The molecule has 0 amide bonds. The van der Waals surface area contributed by atoms with Gasteiger partial charge in [0.15, 0.2) is 0 Å². The molecule has 0 unspecified atom stereocenters. The van der Waals surface area contributed by atoms with Gasteiger partial charge in [-0.25, -0.2) is 0 Å². The number of pyridine rings is 1. The number of nitrogens with two attached hydrogens (primary N) is 1. The zero-order valence-electron chi connectivity index (χ0n) is 9.71. The van der Waals surface area contributed by atoms with Gasteiger partial charge in [-0.05, 0) is 24.3 Å². The summed E-state index contributed by atoms with van der Waals surface area (Å²) in [5.74, 6) is 0. The van der Waals surface area contributed by atoms with Gasteiger partial charge in [0.25, 0.3) is 0 Å². The zero-order valence-corrected chi connectivity index (χ0v) is 10.5. The third-order valence-corrected chi connectivity index (χ3v) is 2.81. The van der Waals surface area contributed by atoms with E-state index in [1.165, 1.54) is 0 Å². The Morgan fingerprint density at radius 1 is 1.19 bits per heavy atom. The van der Waals surface area contributed by atoms with Crippen LogP contribution in [0.25, 0.3) is 10.9 Å². The van der Waals surface area contributed by atoms with Gasteiger partial charge in [-0.2, -0.15) is 0 Å². The van der Waals surface area contributed by atoms with E-state index in [0.29, 0.717) is 5.02 Å². The molecule has 84 valence electrons. The summed E-state index contributed by atoms with van der Waals surface area (Å²) in [5, 5.41) is 1.60. The molecule has 2 N–H and O–H groups in total. The van der Waals surface area contributed by atoms with Crippen LogP contribution in [0.2, 0.25) is 5.02 Å². The third kappa shape index (κ3) is 1.98. The second-order valence-electron chi connectivity index (χ2n) is 5.01. The summed E-state index contributed by atoms with van der Waals surface area (Å²) in [7, 11) is 0. The van der Waals surface area contributed by atoms with E-state index < -0.39 is 0 Å². The van der Waals surface area contributed by atoms with Gasteiger partial charge in [0.1, 0.15) is 0 Å². The Morgan fingerprint density at radius 3 is 2.50 bits per heavy atom. The van der Waals surface area contributed by atoms with Gasteiger partial charge in [-0.15, -0.1) is 0 Å². The first-order valence-electron chi connectivity index (χ1n) is 5.24. The van der Waals surface area contributed by atoms with E-state index in [9.17, 15) is 0 Å². The quantitative estimate of drug-likeness (QED) is 0.754. The lowest BCUT2D eigenvalue weighted by Gasteiger charge is -2.19. The minimum absolute atomic E-state index is 0.00193. The zero-order chi connectivity index (χ0) is 11.9. The van der Waals surface area contributed by atoms with Crippen molar-refractivity contribution in [2.24, 2.45) is 0 Å². The molecule has 2 rings (SSSR count). The van der Waals surface area contributed by atoms with Crippen molar-refractivity contribution in [2.45, 2.75) is 26.2 Å². The molecule has 16 heavy (non-hydrogen) atoms. The number of nitrogens with zero attached hydrogens (tertiary/aromatic N) is 1. The highest BCUT2D eigenvalue weighted by Gasteiger charge is 2.17. The normalized spacial score (nSPS) is 12.0. The van der Waals surface area contributed by atoms with Gasteiger partial charge in [0.2, 0.25) is 0 Å². The Kier molecular flexibility index (Phi) is 2.55. The van der Waals surface area contributed by atoms with Gasteiger partial charge >= 0.3 is 0 Å². The Labute approximate surface area is 100 Å². The predicted molar refractivity (Wildman–Crippen MR) is 69.9 cm³/mol. The predicted octanol–water partition coefficient (Wildman–Crippen LogP) is 3.77. The van der Waals surface area contributed by atoms with Crippen LogP contribution in [0.3, 0.4) is 0 Å². The van der Waals surface area contributed by atoms with E-state index in [0.717, 1.165) is 22.3 Å². The number of nitrogen functional groups attached to an aromatic ring is 1. The summed E-state index contributed by atoms with van der Waals surface area (Å²) in [4.78, 5) is 4.61. The lowest BCUT2D eigenvalue weighted by molar-refractivity contribution is 0.572. The average Bonchev–Trinajstić information content (AvgIpc) is 2.17. The molecule has 2 aromatic rings.